The van der Waals surface area contributed by atoms with Gasteiger partial charge in [0.1, 0.15) is 18.1 Å². The van der Waals surface area contributed by atoms with Crippen molar-refractivity contribution in [1.82, 2.24) is 10.2 Å². The van der Waals surface area contributed by atoms with Crippen LogP contribution >= 0.6 is 0 Å². The van der Waals surface area contributed by atoms with E-state index in [4.69, 9.17) is 24.6 Å². The first-order chi connectivity index (χ1) is 19.3. The van der Waals surface area contributed by atoms with Gasteiger partial charge in [0, 0.05) is 6.54 Å². The van der Waals surface area contributed by atoms with Crippen molar-refractivity contribution in [2.75, 3.05) is 40.3 Å². The summed E-state index contributed by atoms with van der Waals surface area (Å²) in [5.74, 6) is -0.604. The summed E-state index contributed by atoms with van der Waals surface area (Å²) in [6.07, 6.45) is 0.891. The molecule has 0 aliphatic heterocycles. The summed E-state index contributed by atoms with van der Waals surface area (Å²) in [5.41, 5.74) is 5.85. The van der Waals surface area contributed by atoms with Gasteiger partial charge in [0.25, 0.3) is 0 Å². The molecule has 4 N–H and O–H groups in total. The summed E-state index contributed by atoms with van der Waals surface area (Å²) < 4.78 is 10.9. The van der Waals surface area contributed by atoms with E-state index >= 15 is 0 Å². The summed E-state index contributed by atoms with van der Waals surface area (Å²) in [5, 5.41) is 28.3. The fourth-order valence-corrected chi connectivity index (χ4v) is 3.95. The highest BCUT2D eigenvalue weighted by molar-refractivity contribution is 6.17. The average molecular weight is 547 g/mol. The minimum Gasteiger partial charge on any atom is -0.537 e. The van der Waals surface area contributed by atoms with Gasteiger partial charge in [-0.25, -0.2) is 0 Å². The molecule has 0 aliphatic carbocycles. The first kappa shape index (κ1) is 32.1. The number of likely N-dealkylation sites (N-methyl/N-ethyl adjacent to an activating group) is 2. The Bertz CT molecular complexity index is 1200. The number of carboxylic acids is 2. The van der Waals surface area contributed by atoms with Gasteiger partial charge in [-0.3, -0.25) is 14.5 Å². The third-order valence-electron chi connectivity index (χ3n) is 5.68. The molecule has 0 amide bonds. The van der Waals surface area contributed by atoms with Crippen molar-refractivity contribution in [2.24, 2.45) is 0 Å². The molecular formula is C30H36BN2O7. The highest BCUT2D eigenvalue weighted by Crippen LogP contribution is 2.35. The van der Waals surface area contributed by atoms with Gasteiger partial charge in [-0.2, -0.15) is 0 Å². The zero-order valence-electron chi connectivity index (χ0n) is 23.0. The smallest absolute Gasteiger partial charge is 0.537 e. The van der Waals surface area contributed by atoms with Crippen LogP contribution in [0.2, 0.25) is 0 Å². The van der Waals surface area contributed by atoms with E-state index in [1.54, 1.807) is 0 Å². The first-order valence-corrected chi connectivity index (χ1v) is 12.8. The standard InChI is InChI=1S/C25H27BNO3.C5H9NO4/c1-3-24(19-7-5-4-6-8-19)25(21-11-15-23(16-12-21)30-26-28)20-9-13-22(14-10-20)29-18-17-27-2;1-6(2-4(7)8)3-5(9)10/h4-16,27-28H,3,17-18H2,1-2H3;2-3H2,1H3,(H,7,8)(H,9,10)/b25-24-;. The van der Waals surface area contributed by atoms with Crippen LogP contribution in [0.4, 0.5) is 0 Å². The molecule has 1 radical (unpaired) electrons. The SMILES string of the molecule is CC/C(=C(/c1ccc(O[B]O)cc1)c1ccc(OCCNC)cc1)c1ccccc1.CN(CC(=O)O)CC(=O)O. The second-order valence-corrected chi connectivity index (χ2v) is 8.76. The fraction of sp³-hybridized carbons (Fsp3) is 0.267. The number of carboxylic acid groups (broad SMARTS) is 2. The number of ether oxygens (including phenoxy) is 1. The van der Waals surface area contributed by atoms with E-state index in [9.17, 15) is 9.59 Å². The zero-order chi connectivity index (χ0) is 29.3. The maximum absolute atomic E-state index is 9.96. The monoisotopic (exact) mass is 547 g/mol. The highest BCUT2D eigenvalue weighted by atomic mass is 16.5. The average Bonchev–Trinajstić information content (AvgIpc) is 2.93. The van der Waals surface area contributed by atoms with E-state index in [1.165, 1.54) is 28.7 Å². The maximum Gasteiger partial charge on any atom is 0.569 e. The number of aliphatic carboxylic acids is 2. The first-order valence-electron chi connectivity index (χ1n) is 12.8. The maximum atomic E-state index is 9.96. The molecule has 0 spiro atoms. The third-order valence-corrected chi connectivity index (χ3v) is 5.68. The zero-order valence-corrected chi connectivity index (χ0v) is 23.0. The van der Waals surface area contributed by atoms with Gasteiger partial charge >= 0.3 is 19.6 Å². The van der Waals surface area contributed by atoms with Crippen LogP contribution in [0.15, 0.2) is 78.9 Å². The van der Waals surface area contributed by atoms with E-state index in [0.29, 0.717) is 20.0 Å². The predicted molar refractivity (Wildman–Crippen MR) is 156 cm³/mol. The van der Waals surface area contributed by atoms with E-state index in [2.05, 4.69) is 48.6 Å². The van der Waals surface area contributed by atoms with Crippen LogP contribution in [-0.2, 0) is 9.59 Å². The number of hydrogen-bond acceptors (Lipinski definition) is 7. The molecule has 0 saturated carbocycles. The molecule has 0 atom stereocenters. The topological polar surface area (TPSA) is 129 Å². The Morgan fingerprint density at radius 2 is 1.35 bits per heavy atom. The number of carbonyl (C=O) groups is 2. The van der Waals surface area contributed by atoms with Gasteiger partial charge in [0.05, 0.1) is 13.1 Å². The van der Waals surface area contributed by atoms with Crippen LogP contribution in [0.5, 0.6) is 11.5 Å². The fourth-order valence-electron chi connectivity index (χ4n) is 3.95. The van der Waals surface area contributed by atoms with Crippen molar-refractivity contribution in [3.63, 3.8) is 0 Å². The number of nitrogens with one attached hydrogen (secondary N) is 1. The van der Waals surface area contributed by atoms with Gasteiger partial charge in [0.2, 0.25) is 0 Å². The quantitative estimate of drug-likeness (QED) is 0.136. The Kier molecular flexibility index (Phi) is 14.0. The number of rotatable bonds is 14. The molecule has 211 valence electrons. The molecule has 0 bridgehead atoms. The Balaban J connectivity index is 0.000000478. The summed E-state index contributed by atoms with van der Waals surface area (Å²) in [4.78, 5) is 21.1. The molecule has 40 heavy (non-hydrogen) atoms. The minimum atomic E-state index is -1.02. The van der Waals surface area contributed by atoms with Crippen molar-refractivity contribution >= 4 is 30.8 Å². The Morgan fingerprint density at radius 3 is 1.80 bits per heavy atom. The summed E-state index contributed by atoms with van der Waals surface area (Å²) >= 11 is 0. The molecule has 0 heterocycles. The second-order valence-electron chi connectivity index (χ2n) is 8.76. The lowest BCUT2D eigenvalue weighted by atomic mass is 9.88. The van der Waals surface area contributed by atoms with Gasteiger partial charge in [-0.1, -0.05) is 61.5 Å². The van der Waals surface area contributed by atoms with Crippen molar-refractivity contribution in [3.05, 3.63) is 95.6 Å². The summed E-state index contributed by atoms with van der Waals surface area (Å²) in [6.45, 7) is 3.13. The highest BCUT2D eigenvalue weighted by Gasteiger charge is 2.14. The van der Waals surface area contributed by atoms with Crippen LogP contribution in [0, 0.1) is 0 Å². The summed E-state index contributed by atoms with van der Waals surface area (Å²) in [6, 6.07) is 26.4. The predicted octanol–water partition coefficient (Wildman–Crippen LogP) is 3.65. The van der Waals surface area contributed by atoms with Crippen LogP contribution in [0.3, 0.4) is 0 Å². The lowest BCUT2D eigenvalue weighted by molar-refractivity contribution is -0.141. The number of nitrogens with zero attached hydrogens (tertiary/aromatic N) is 1. The number of allylic oxidation sites excluding steroid dienone is 1. The number of hydrogen-bond donors (Lipinski definition) is 4. The lowest BCUT2D eigenvalue weighted by Crippen LogP contribution is -2.30. The normalized spacial score (nSPS) is 11.1. The molecule has 3 aromatic rings. The minimum absolute atomic E-state index is 0.244. The van der Waals surface area contributed by atoms with Crippen molar-refractivity contribution in [1.29, 1.82) is 0 Å². The van der Waals surface area contributed by atoms with Gasteiger partial charge in [0.15, 0.2) is 0 Å². The van der Waals surface area contributed by atoms with Crippen molar-refractivity contribution < 1.29 is 34.2 Å². The van der Waals surface area contributed by atoms with E-state index in [0.717, 1.165) is 29.8 Å². The van der Waals surface area contributed by atoms with E-state index in [1.807, 2.05) is 49.5 Å². The molecule has 3 rings (SSSR count). The molecule has 9 nitrogen and oxygen atoms in total. The van der Waals surface area contributed by atoms with Gasteiger partial charge in [-0.15, -0.1) is 0 Å². The Labute approximate surface area is 236 Å². The molecule has 0 fully saturated rings. The van der Waals surface area contributed by atoms with Crippen LogP contribution in [0.25, 0.3) is 11.1 Å². The Hall–Kier alpha value is -4.12. The molecule has 10 heteroatoms. The molecule has 0 unspecified atom stereocenters. The molecule has 3 aromatic carbocycles. The third kappa shape index (κ3) is 10.9. The molecule has 0 aromatic heterocycles. The van der Waals surface area contributed by atoms with Crippen LogP contribution in [-0.4, -0.2) is 80.1 Å². The number of benzene rings is 3. The van der Waals surface area contributed by atoms with Gasteiger partial charge in [-0.05, 0) is 72.6 Å². The lowest BCUT2D eigenvalue weighted by Gasteiger charge is -2.17. The van der Waals surface area contributed by atoms with E-state index < -0.39 is 11.9 Å². The molecule has 0 saturated heterocycles. The van der Waals surface area contributed by atoms with Gasteiger partial charge < -0.3 is 29.9 Å². The Morgan fingerprint density at radius 1 is 0.825 bits per heavy atom. The van der Waals surface area contributed by atoms with Crippen molar-refractivity contribution in [2.45, 2.75) is 13.3 Å². The van der Waals surface area contributed by atoms with Crippen molar-refractivity contribution in [3.8, 4) is 11.5 Å². The van der Waals surface area contributed by atoms with Crippen LogP contribution in [0.1, 0.15) is 30.0 Å². The van der Waals surface area contributed by atoms with E-state index in [-0.39, 0.29) is 13.1 Å². The second kappa shape index (κ2) is 17.5. The van der Waals surface area contributed by atoms with Crippen LogP contribution < -0.4 is 14.7 Å². The summed E-state index contributed by atoms with van der Waals surface area (Å²) in [7, 11) is 4.04. The molecular weight excluding hydrogens is 511 g/mol. The molecule has 0 aliphatic rings. The largest absolute Gasteiger partial charge is 0.569 e.